The van der Waals surface area contributed by atoms with Crippen molar-refractivity contribution in [3.63, 3.8) is 0 Å². The van der Waals surface area contributed by atoms with Gasteiger partial charge in [-0.25, -0.2) is 0 Å². The van der Waals surface area contributed by atoms with Crippen LogP contribution >= 0.6 is 0 Å². The van der Waals surface area contributed by atoms with Crippen LogP contribution in [0, 0.1) is 12.8 Å². The predicted octanol–water partition coefficient (Wildman–Crippen LogP) is 2.98. The summed E-state index contributed by atoms with van der Waals surface area (Å²) in [5.74, 6) is 0.426. The highest BCUT2D eigenvalue weighted by Crippen LogP contribution is 2.25. The van der Waals surface area contributed by atoms with Crippen molar-refractivity contribution in [2.24, 2.45) is 5.92 Å². The van der Waals surface area contributed by atoms with Crippen molar-refractivity contribution in [3.05, 3.63) is 29.6 Å². The fraction of sp³-hybridized carbons (Fsp3) is 0.727. The number of likely N-dealkylation sites (tertiary alicyclic amines) is 2. The van der Waals surface area contributed by atoms with E-state index >= 15 is 0 Å². The SMILES string of the molecule is Cc1cccc(CN2CCC(N3CCC(C(=O)NC(C)(C)C)CC3)CC2)n1. The predicted molar refractivity (Wildman–Crippen MR) is 109 cm³/mol. The summed E-state index contributed by atoms with van der Waals surface area (Å²) in [4.78, 5) is 22.2. The number of hydrogen-bond acceptors (Lipinski definition) is 4. The van der Waals surface area contributed by atoms with E-state index in [-0.39, 0.29) is 17.4 Å². The fourth-order valence-electron chi connectivity index (χ4n) is 4.36. The molecule has 3 rings (SSSR count). The van der Waals surface area contributed by atoms with Crippen molar-refractivity contribution >= 4 is 5.91 Å². The van der Waals surface area contributed by atoms with Crippen LogP contribution in [-0.4, -0.2) is 58.5 Å². The lowest BCUT2D eigenvalue weighted by molar-refractivity contribution is -0.128. The molecular weight excluding hydrogens is 336 g/mol. The van der Waals surface area contributed by atoms with Crippen LogP contribution in [0.15, 0.2) is 18.2 Å². The number of pyridine rings is 1. The molecule has 5 nitrogen and oxygen atoms in total. The Labute approximate surface area is 164 Å². The molecule has 27 heavy (non-hydrogen) atoms. The molecule has 3 heterocycles. The van der Waals surface area contributed by atoms with E-state index in [1.807, 2.05) is 0 Å². The van der Waals surface area contributed by atoms with E-state index in [2.05, 4.69) is 66.0 Å². The molecule has 1 aromatic heterocycles. The Bertz CT molecular complexity index is 623. The van der Waals surface area contributed by atoms with Crippen LogP contribution in [0.3, 0.4) is 0 Å². The maximum Gasteiger partial charge on any atom is 0.223 e. The monoisotopic (exact) mass is 372 g/mol. The van der Waals surface area contributed by atoms with E-state index in [9.17, 15) is 4.79 Å². The maximum absolute atomic E-state index is 12.4. The largest absolute Gasteiger partial charge is 0.351 e. The minimum atomic E-state index is -0.132. The standard InChI is InChI=1S/C22H36N4O/c1-17-6-5-7-19(23-17)16-25-12-10-20(11-13-25)26-14-8-18(9-15-26)21(27)24-22(2,3)4/h5-7,18,20H,8-16H2,1-4H3,(H,24,27). The van der Waals surface area contributed by atoms with Gasteiger partial charge < -0.3 is 10.2 Å². The zero-order chi connectivity index (χ0) is 19.4. The molecular formula is C22H36N4O. The molecule has 1 amide bonds. The van der Waals surface area contributed by atoms with Crippen LogP contribution < -0.4 is 5.32 Å². The molecule has 0 atom stereocenters. The fourth-order valence-corrected chi connectivity index (χ4v) is 4.36. The molecule has 0 bridgehead atoms. The normalized spacial score (nSPS) is 21.3. The summed E-state index contributed by atoms with van der Waals surface area (Å²) in [6, 6.07) is 6.97. The van der Waals surface area contributed by atoms with Crippen molar-refractivity contribution in [3.8, 4) is 0 Å². The van der Waals surface area contributed by atoms with E-state index in [0.29, 0.717) is 6.04 Å². The molecule has 150 valence electrons. The Hall–Kier alpha value is -1.46. The second-order valence-corrected chi connectivity index (χ2v) is 9.33. The third kappa shape index (κ3) is 6.01. The Morgan fingerprint density at radius 2 is 1.78 bits per heavy atom. The number of rotatable bonds is 4. The first-order valence-electron chi connectivity index (χ1n) is 10.5. The van der Waals surface area contributed by atoms with E-state index < -0.39 is 0 Å². The highest BCUT2D eigenvalue weighted by Gasteiger charge is 2.31. The summed E-state index contributed by atoms with van der Waals surface area (Å²) in [6.07, 6.45) is 4.44. The molecule has 2 aliphatic heterocycles. The Balaban J connectivity index is 1.41. The molecule has 0 spiro atoms. The number of nitrogens with zero attached hydrogens (tertiary/aromatic N) is 3. The van der Waals surface area contributed by atoms with Crippen molar-refractivity contribution in [2.75, 3.05) is 26.2 Å². The summed E-state index contributed by atoms with van der Waals surface area (Å²) < 4.78 is 0. The zero-order valence-electron chi connectivity index (χ0n) is 17.5. The summed E-state index contributed by atoms with van der Waals surface area (Å²) >= 11 is 0. The number of piperidine rings is 2. The second kappa shape index (κ2) is 8.70. The van der Waals surface area contributed by atoms with Crippen LogP contribution in [-0.2, 0) is 11.3 Å². The number of hydrogen-bond donors (Lipinski definition) is 1. The van der Waals surface area contributed by atoms with Gasteiger partial charge in [0, 0.05) is 42.8 Å². The molecule has 0 aliphatic carbocycles. The highest BCUT2D eigenvalue weighted by molar-refractivity contribution is 5.79. The van der Waals surface area contributed by atoms with Gasteiger partial charge in [0.1, 0.15) is 0 Å². The topological polar surface area (TPSA) is 48.5 Å². The molecule has 2 saturated heterocycles. The van der Waals surface area contributed by atoms with Gasteiger partial charge >= 0.3 is 0 Å². The first kappa shape index (κ1) is 20.3. The molecule has 2 fully saturated rings. The molecule has 0 radical (unpaired) electrons. The van der Waals surface area contributed by atoms with E-state index in [1.165, 1.54) is 18.5 Å². The Morgan fingerprint density at radius 1 is 1.11 bits per heavy atom. The van der Waals surface area contributed by atoms with Gasteiger partial charge in [0.15, 0.2) is 0 Å². The van der Waals surface area contributed by atoms with Gasteiger partial charge in [-0.05, 0) is 78.6 Å². The van der Waals surface area contributed by atoms with Gasteiger partial charge in [0.2, 0.25) is 5.91 Å². The number of carbonyl (C=O) groups is 1. The van der Waals surface area contributed by atoms with Crippen molar-refractivity contribution in [1.82, 2.24) is 20.1 Å². The molecule has 0 saturated carbocycles. The van der Waals surface area contributed by atoms with Crippen LogP contribution in [0.25, 0.3) is 0 Å². The first-order valence-corrected chi connectivity index (χ1v) is 10.5. The molecule has 0 aromatic carbocycles. The second-order valence-electron chi connectivity index (χ2n) is 9.33. The minimum absolute atomic E-state index is 0.132. The summed E-state index contributed by atoms with van der Waals surface area (Å²) in [5.41, 5.74) is 2.15. The van der Waals surface area contributed by atoms with E-state index in [1.54, 1.807) is 0 Å². The lowest BCUT2D eigenvalue weighted by atomic mass is 9.92. The average Bonchev–Trinajstić information content (AvgIpc) is 2.61. The molecule has 1 N–H and O–H groups in total. The quantitative estimate of drug-likeness (QED) is 0.883. The van der Waals surface area contributed by atoms with Gasteiger partial charge in [0.05, 0.1) is 5.69 Å². The minimum Gasteiger partial charge on any atom is -0.351 e. The van der Waals surface area contributed by atoms with Crippen LogP contribution in [0.4, 0.5) is 0 Å². The molecule has 0 unspecified atom stereocenters. The van der Waals surface area contributed by atoms with E-state index in [0.717, 1.165) is 51.3 Å². The van der Waals surface area contributed by atoms with Gasteiger partial charge in [-0.3, -0.25) is 14.7 Å². The lowest BCUT2D eigenvalue weighted by Gasteiger charge is -2.41. The number of aryl methyl sites for hydroxylation is 1. The highest BCUT2D eigenvalue weighted by atomic mass is 16.2. The number of amides is 1. The smallest absolute Gasteiger partial charge is 0.223 e. The van der Waals surface area contributed by atoms with Crippen molar-refractivity contribution in [1.29, 1.82) is 0 Å². The Morgan fingerprint density at radius 3 is 2.37 bits per heavy atom. The lowest BCUT2D eigenvalue weighted by Crippen LogP contribution is -2.50. The molecule has 1 aromatic rings. The van der Waals surface area contributed by atoms with E-state index in [4.69, 9.17) is 0 Å². The van der Waals surface area contributed by atoms with Crippen LogP contribution in [0.1, 0.15) is 57.8 Å². The zero-order valence-corrected chi connectivity index (χ0v) is 17.5. The molecule has 5 heteroatoms. The van der Waals surface area contributed by atoms with Gasteiger partial charge in [-0.15, -0.1) is 0 Å². The van der Waals surface area contributed by atoms with Crippen molar-refractivity contribution < 1.29 is 4.79 Å². The summed E-state index contributed by atoms with van der Waals surface area (Å²) in [5, 5.41) is 3.15. The van der Waals surface area contributed by atoms with Gasteiger partial charge in [-0.2, -0.15) is 0 Å². The number of carbonyl (C=O) groups excluding carboxylic acids is 1. The number of aromatic nitrogens is 1. The average molecular weight is 373 g/mol. The maximum atomic E-state index is 12.4. The van der Waals surface area contributed by atoms with Crippen molar-refractivity contribution in [2.45, 2.75) is 71.5 Å². The first-order chi connectivity index (χ1) is 12.8. The van der Waals surface area contributed by atoms with Crippen LogP contribution in [0.2, 0.25) is 0 Å². The number of nitrogens with one attached hydrogen (secondary N) is 1. The third-order valence-electron chi connectivity index (χ3n) is 5.80. The van der Waals surface area contributed by atoms with Gasteiger partial charge in [0.25, 0.3) is 0 Å². The molecule has 2 aliphatic rings. The third-order valence-corrected chi connectivity index (χ3v) is 5.80. The summed E-state index contributed by atoms with van der Waals surface area (Å²) in [6.45, 7) is 13.6. The summed E-state index contributed by atoms with van der Waals surface area (Å²) in [7, 11) is 0. The van der Waals surface area contributed by atoms with Crippen LogP contribution in [0.5, 0.6) is 0 Å². The Kier molecular flexibility index (Phi) is 6.53. The van der Waals surface area contributed by atoms with Gasteiger partial charge in [-0.1, -0.05) is 6.07 Å².